The molecule has 0 radical (unpaired) electrons. The van der Waals surface area contributed by atoms with Crippen LogP contribution in [0.15, 0.2) is 12.4 Å². The highest BCUT2D eigenvalue weighted by Gasteiger charge is 2.18. The first-order valence-electron chi connectivity index (χ1n) is 4.90. The van der Waals surface area contributed by atoms with Gasteiger partial charge in [-0.05, 0) is 24.8 Å². The van der Waals surface area contributed by atoms with Crippen LogP contribution in [0.5, 0.6) is 0 Å². The third-order valence-electron chi connectivity index (χ3n) is 2.75. The standard InChI is InChI=1S/C10H12N4/c1-14-6-8-9(13-14)4-2-3-7-5-11-12-10(7)8/h5-6H,2-4H2,1H3,(H,11,12). The molecule has 2 heterocycles. The summed E-state index contributed by atoms with van der Waals surface area (Å²) in [7, 11) is 1.96. The molecule has 0 saturated heterocycles. The van der Waals surface area contributed by atoms with E-state index in [0.717, 1.165) is 25.0 Å². The fourth-order valence-corrected chi connectivity index (χ4v) is 2.11. The maximum atomic E-state index is 4.46. The van der Waals surface area contributed by atoms with Gasteiger partial charge in [0.05, 0.1) is 17.6 Å². The zero-order valence-electron chi connectivity index (χ0n) is 8.12. The number of aromatic nitrogens is 4. The van der Waals surface area contributed by atoms with Gasteiger partial charge in [-0.15, -0.1) is 0 Å². The molecule has 0 aromatic carbocycles. The molecule has 0 aliphatic heterocycles. The molecule has 0 unspecified atom stereocenters. The summed E-state index contributed by atoms with van der Waals surface area (Å²) < 4.78 is 1.88. The number of aryl methyl sites for hydroxylation is 3. The van der Waals surface area contributed by atoms with Gasteiger partial charge in [-0.3, -0.25) is 9.78 Å². The molecule has 0 atom stereocenters. The maximum absolute atomic E-state index is 4.46. The van der Waals surface area contributed by atoms with Crippen molar-refractivity contribution in [3.63, 3.8) is 0 Å². The second-order valence-electron chi connectivity index (χ2n) is 3.79. The van der Waals surface area contributed by atoms with E-state index in [4.69, 9.17) is 0 Å². The van der Waals surface area contributed by atoms with Gasteiger partial charge < -0.3 is 0 Å². The molecule has 0 amide bonds. The van der Waals surface area contributed by atoms with Crippen molar-refractivity contribution in [1.29, 1.82) is 0 Å². The molecule has 3 rings (SSSR count). The summed E-state index contributed by atoms with van der Waals surface area (Å²) in [6.07, 6.45) is 7.33. The van der Waals surface area contributed by atoms with Crippen LogP contribution in [0.3, 0.4) is 0 Å². The van der Waals surface area contributed by atoms with Gasteiger partial charge in [0, 0.05) is 18.8 Å². The summed E-state index contributed by atoms with van der Waals surface area (Å²) in [6, 6.07) is 0. The second kappa shape index (κ2) is 2.70. The normalized spacial score (nSPS) is 14.6. The molecule has 1 aliphatic rings. The van der Waals surface area contributed by atoms with Crippen LogP contribution in [-0.4, -0.2) is 20.0 Å². The minimum atomic E-state index is 1.07. The van der Waals surface area contributed by atoms with Crippen molar-refractivity contribution in [2.24, 2.45) is 7.05 Å². The summed E-state index contributed by atoms with van der Waals surface area (Å²) >= 11 is 0. The largest absolute Gasteiger partial charge is 0.277 e. The molecular weight excluding hydrogens is 176 g/mol. The molecule has 0 bridgehead atoms. The highest BCUT2D eigenvalue weighted by molar-refractivity contribution is 5.65. The third kappa shape index (κ3) is 0.999. The Kier molecular flexibility index (Phi) is 1.50. The number of nitrogens with one attached hydrogen (secondary N) is 1. The fourth-order valence-electron chi connectivity index (χ4n) is 2.11. The Bertz CT molecular complexity index is 466. The van der Waals surface area contributed by atoms with Gasteiger partial charge in [0.1, 0.15) is 0 Å². The lowest BCUT2D eigenvalue weighted by atomic mass is 10.1. The first-order chi connectivity index (χ1) is 6.84. The Morgan fingerprint density at radius 2 is 2.36 bits per heavy atom. The number of fused-ring (bicyclic) bond motifs is 3. The predicted molar refractivity (Wildman–Crippen MR) is 52.8 cm³/mol. The average Bonchev–Trinajstić information content (AvgIpc) is 2.70. The van der Waals surface area contributed by atoms with E-state index < -0.39 is 0 Å². The van der Waals surface area contributed by atoms with Crippen LogP contribution in [0.2, 0.25) is 0 Å². The van der Waals surface area contributed by atoms with E-state index in [1.807, 2.05) is 17.9 Å². The minimum Gasteiger partial charge on any atom is -0.277 e. The minimum absolute atomic E-state index is 1.07. The van der Waals surface area contributed by atoms with Crippen LogP contribution in [0, 0.1) is 0 Å². The number of nitrogens with zero attached hydrogens (tertiary/aromatic N) is 3. The van der Waals surface area contributed by atoms with Crippen LogP contribution in [0.1, 0.15) is 17.7 Å². The van der Waals surface area contributed by atoms with Crippen molar-refractivity contribution < 1.29 is 0 Å². The first kappa shape index (κ1) is 7.79. The van der Waals surface area contributed by atoms with Crippen molar-refractivity contribution in [1.82, 2.24) is 20.0 Å². The summed E-state index contributed by atoms with van der Waals surface area (Å²) in [5, 5.41) is 11.6. The van der Waals surface area contributed by atoms with E-state index in [1.54, 1.807) is 0 Å². The summed E-state index contributed by atoms with van der Waals surface area (Å²) in [4.78, 5) is 0. The fraction of sp³-hybridized carbons (Fsp3) is 0.400. The van der Waals surface area contributed by atoms with Gasteiger partial charge in [-0.2, -0.15) is 10.2 Å². The lowest BCUT2D eigenvalue weighted by molar-refractivity contribution is 0.721. The molecule has 2 aromatic rings. The molecule has 14 heavy (non-hydrogen) atoms. The molecule has 72 valence electrons. The number of hydrogen-bond donors (Lipinski definition) is 1. The van der Waals surface area contributed by atoms with E-state index in [0.29, 0.717) is 0 Å². The van der Waals surface area contributed by atoms with Crippen LogP contribution in [-0.2, 0) is 19.9 Å². The highest BCUT2D eigenvalue weighted by Crippen LogP contribution is 2.29. The number of H-pyrrole nitrogens is 1. The summed E-state index contributed by atoms with van der Waals surface area (Å²) in [6.45, 7) is 0. The van der Waals surface area contributed by atoms with Gasteiger partial charge in [-0.25, -0.2) is 0 Å². The van der Waals surface area contributed by atoms with E-state index >= 15 is 0 Å². The highest BCUT2D eigenvalue weighted by atomic mass is 15.3. The van der Waals surface area contributed by atoms with Gasteiger partial charge >= 0.3 is 0 Å². The zero-order valence-corrected chi connectivity index (χ0v) is 8.12. The SMILES string of the molecule is Cn1cc2c(n1)CCCc1cn[nH]c1-2. The van der Waals surface area contributed by atoms with Crippen molar-refractivity contribution in [3.05, 3.63) is 23.7 Å². The Morgan fingerprint density at radius 1 is 1.43 bits per heavy atom. The molecule has 4 heteroatoms. The van der Waals surface area contributed by atoms with Crippen molar-refractivity contribution in [2.75, 3.05) is 0 Å². The monoisotopic (exact) mass is 188 g/mol. The quantitative estimate of drug-likeness (QED) is 0.677. The molecule has 1 aliphatic carbocycles. The van der Waals surface area contributed by atoms with Crippen LogP contribution in [0.4, 0.5) is 0 Å². The van der Waals surface area contributed by atoms with Gasteiger partial charge in [-0.1, -0.05) is 0 Å². The Balaban J connectivity index is 2.26. The van der Waals surface area contributed by atoms with Crippen molar-refractivity contribution in [3.8, 4) is 11.3 Å². The molecule has 0 saturated carbocycles. The first-order valence-corrected chi connectivity index (χ1v) is 4.90. The van der Waals surface area contributed by atoms with Crippen LogP contribution >= 0.6 is 0 Å². The number of rotatable bonds is 0. The van der Waals surface area contributed by atoms with Crippen LogP contribution < -0.4 is 0 Å². The van der Waals surface area contributed by atoms with E-state index in [9.17, 15) is 0 Å². The number of hydrogen-bond acceptors (Lipinski definition) is 2. The van der Waals surface area contributed by atoms with Gasteiger partial charge in [0.25, 0.3) is 0 Å². The molecular formula is C10H12N4. The number of aromatic amines is 1. The maximum Gasteiger partial charge on any atom is 0.0718 e. The predicted octanol–water partition coefficient (Wildman–Crippen LogP) is 1.30. The third-order valence-corrected chi connectivity index (χ3v) is 2.75. The molecule has 0 spiro atoms. The molecule has 0 fully saturated rings. The van der Waals surface area contributed by atoms with Crippen LogP contribution in [0.25, 0.3) is 11.3 Å². The molecule has 2 aromatic heterocycles. The molecule has 4 nitrogen and oxygen atoms in total. The Morgan fingerprint density at radius 3 is 3.29 bits per heavy atom. The summed E-state index contributed by atoms with van der Waals surface area (Å²) in [5.41, 5.74) is 4.88. The topological polar surface area (TPSA) is 46.5 Å². The second-order valence-corrected chi connectivity index (χ2v) is 3.79. The zero-order chi connectivity index (χ0) is 9.54. The summed E-state index contributed by atoms with van der Waals surface area (Å²) in [5.74, 6) is 0. The lowest BCUT2D eigenvalue weighted by Crippen LogP contribution is -1.91. The average molecular weight is 188 g/mol. The van der Waals surface area contributed by atoms with Crippen molar-refractivity contribution >= 4 is 0 Å². The van der Waals surface area contributed by atoms with E-state index in [2.05, 4.69) is 21.5 Å². The van der Waals surface area contributed by atoms with Gasteiger partial charge in [0.2, 0.25) is 0 Å². The lowest BCUT2D eigenvalue weighted by Gasteiger charge is -1.94. The van der Waals surface area contributed by atoms with Gasteiger partial charge in [0.15, 0.2) is 0 Å². The van der Waals surface area contributed by atoms with Crippen molar-refractivity contribution in [2.45, 2.75) is 19.3 Å². The Labute approximate surface area is 81.9 Å². The van der Waals surface area contributed by atoms with E-state index in [-0.39, 0.29) is 0 Å². The molecule has 1 N–H and O–H groups in total. The smallest absolute Gasteiger partial charge is 0.0718 e. The Hall–Kier alpha value is -1.58. The van der Waals surface area contributed by atoms with E-state index in [1.165, 1.54) is 16.8 Å².